The summed E-state index contributed by atoms with van der Waals surface area (Å²) in [6.07, 6.45) is 3.39. The van der Waals surface area contributed by atoms with E-state index in [0.29, 0.717) is 18.7 Å². The zero-order valence-electron chi connectivity index (χ0n) is 20.2. The van der Waals surface area contributed by atoms with Gasteiger partial charge in [-0.3, -0.25) is 9.69 Å². The molecule has 10 nitrogen and oxygen atoms in total. The van der Waals surface area contributed by atoms with Crippen molar-refractivity contribution >= 4 is 16.9 Å². The number of aromatic nitrogens is 5. The molecule has 0 radical (unpaired) electrons. The van der Waals surface area contributed by atoms with Crippen molar-refractivity contribution in [3.05, 3.63) is 71.3 Å². The van der Waals surface area contributed by atoms with Crippen LogP contribution < -0.4 is 10.1 Å². The normalized spacial score (nSPS) is 18.8. The largest absolute Gasteiger partial charge is 0.497 e. The molecule has 0 bridgehead atoms. The second kappa shape index (κ2) is 9.71. The Balaban J connectivity index is 1.02. The lowest BCUT2D eigenvalue weighted by Crippen LogP contribution is -2.44. The Hall–Kier alpha value is -3.76. The van der Waals surface area contributed by atoms with Gasteiger partial charge in [-0.2, -0.15) is 0 Å². The van der Waals surface area contributed by atoms with Crippen LogP contribution in [0.2, 0.25) is 0 Å². The molecule has 2 aromatic heterocycles. The Morgan fingerprint density at radius 2 is 2.03 bits per heavy atom. The molecule has 1 amide bonds. The molecule has 2 aromatic carbocycles. The number of ether oxygens (including phenoxy) is 2. The van der Waals surface area contributed by atoms with Gasteiger partial charge in [0.15, 0.2) is 0 Å². The molecule has 6 rings (SSSR count). The number of fused-ring (bicyclic) bond motifs is 2. The van der Waals surface area contributed by atoms with Gasteiger partial charge in [0.1, 0.15) is 17.5 Å². The first-order valence-electron chi connectivity index (χ1n) is 12.3. The standard InChI is InChI=1S/C26H29N7O3/c1-35-20-5-2-17(3-6-20)25-14-33-24(15-36-25)23(30-31-33)13-32-10-8-19(9-11-32)29-26(34)18-4-7-21-22(12-18)28-16-27-21/h2-7,12,16,19,25H,8-11,13-15H2,1H3,(H,27,28)(H,29,34)/t25-/m0/s1. The maximum absolute atomic E-state index is 12.7. The summed E-state index contributed by atoms with van der Waals surface area (Å²) in [6, 6.07) is 13.7. The van der Waals surface area contributed by atoms with Crippen LogP contribution in [0, 0.1) is 0 Å². The Kier molecular flexibility index (Phi) is 6.12. The third kappa shape index (κ3) is 4.57. The van der Waals surface area contributed by atoms with Gasteiger partial charge >= 0.3 is 0 Å². The molecule has 2 N–H and O–H groups in total. The average Bonchev–Trinajstić information content (AvgIpc) is 3.56. The average molecular weight is 488 g/mol. The molecule has 0 spiro atoms. The number of rotatable bonds is 6. The van der Waals surface area contributed by atoms with Gasteiger partial charge in [0.2, 0.25) is 0 Å². The number of imidazole rings is 1. The van der Waals surface area contributed by atoms with E-state index in [9.17, 15) is 4.79 Å². The summed E-state index contributed by atoms with van der Waals surface area (Å²) in [5.41, 5.74) is 5.50. The second-order valence-corrected chi connectivity index (χ2v) is 9.40. The van der Waals surface area contributed by atoms with E-state index >= 15 is 0 Å². The van der Waals surface area contributed by atoms with Crippen molar-refractivity contribution in [1.82, 2.24) is 35.2 Å². The number of hydrogen-bond donors (Lipinski definition) is 2. The number of methoxy groups -OCH3 is 1. The molecule has 186 valence electrons. The molecular weight excluding hydrogens is 458 g/mol. The number of H-pyrrole nitrogens is 1. The van der Waals surface area contributed by atoms with E-state index in [1.165, 1.54) is 0 Å². The van der Waals surface area contributed by atoms with Crippen LogP contribution in [-0.4, -0.2) is 62.0 Å². The van der Waals surface area contributed by atoms with Gasteiger partial charge in [0.05, 0.1) is 43.3 Å². The van der Waals surface area contributed by atoms with Crippen LogP contribution >= 0.6 is 0 Å². The number of carbonyl (C=O) groups excluding carboxylic acids is 1. The molecule has 1 saturated heterocycles. The van der Waals surface area contributed by atoms with Gasteiger partial charge in [-0.05, 0) is 48.7 Å². The number of nitrogens with zero attached hydrogens (tertiary/aromatic N) is 5. The predicted molar refractivity (Wildman–Crippen MR) is 132 cm³/mol. The van der Waals surface area contributed by atoms with Crippen LogP contribution in [0.25, 0.3) is 11.0 Å². The highest BCUT2D eigenvalue weighted by Crippen LogP contribution is 2.28. The van der Waals surface area contributed by atoms with E-state index in [4.69, 9.17) is 9.47 Å². The maximum Gasteiger partial charge on any atom is 0.251 e. The molecule has 4 aromatic rings. The number of hydrogen-bond acceptors (Lipinski definition) is 7. The molecule has 10 heteroatoms. The summed E-state index contributed by atoms with van der Waals surface area (Å²) in [6.45, 7) is 3.67. The lowest BCUT2D eigenvalue weighted by Gasteiger charge is -2.32. The topological polar surface area (TPSA) is 110 Å². The molecule has 1 atom stereocenters. The number of benzene rings is 2. The molecule has 1 fully saturated rings. The number of aromatic amines is 1. The van der Waals surface area contributed by atoms with Crippen molar-refractivity contribution in [3.63, 3.8) is 0 Å². The first kappa shape index (κ1) is 22.7. The highest BCUT2D eigenvalue weighted by Gasteiger charge is 2.27. The van der Waals surface area contributed by atoms with Crippen LogP contribution in [-0.2, 0) is 24.4 Å². The van der Waals surface area contributed by atoms with Gasteiger partial charge < -0.3 is 19.8 Å². The lowest BCUT2D eigenvalue weighted by molar-refractivity contribution is -0.00218. The van der Waals surface area contributed by atoms with Crippen molar-refractivity contribution in [2.75, 3.05) is 20.2 Å². The van der Waals surface area contributed by atoms with Crippen molar-refractivity contribution in [2.45, 2.75) is 44.7 Å². The van der Waals surface area contributed by atoms with Crippen LogP contribution in [0.4, 0.5) is 0 Å². The van der Waals surface area contributed by atoms with Gasteiger partial charge in [-0.25, -0.2) is 9.67 Å². The molecule has 0 saturated carbocycles. The number of piperidine rings is 1. The lowest BCUT2D eigenvalue weighted by atomic mass is 10.0. The summed E-state index contributed by atoms with van der Waals surface area (Å²) in [5.74, 6) is 0.790. The van der Waals surface area contributed by atoms with Gasteiger partial charge in [0.25, 0.3) is 5.91 Å². The fraction of sp³-hybridized carbons (Fsp3) is 0.385. The fourth-order valence-corrected chi connectivity index (χ4v) is 5.00. The number of likely N-dealkylation sites (tertiary alicyclic amines) is 1. The van der Waals surface area contributed by atoms with Crippen LogP contribution in [0.3, 0.4) is 0 Å². The summed E-state index contributed by atoms with van der Waals surface area (Å²) in [4.78, 5) is 22.4. The second-order valence-electron chi connectivity index (χ2n) is 9.40. The molecule has 2 aliphatic rings. The maximum atomic E-state index is 12.7. The molecule has 36 heavy (non-hydrogen) atoms. The zero-order chi connectivity index (χ0) is 24.5. The number of amides is 1. The molecule has 2 aliphatic heterocycles. The minimum Gasteiger partial charge on any atom is -0.497 e. The molecule has 0 aliphatic carbocycles. The molecular formula is C26H29N7O3. The highest BCUT2D eigenvalue weighted by atomic mass is 16.5. The van der Waals surface area contributed by atoms with E-state index in [0.717, 1.165) is 66.2 Å². The van der Waals surface area contributed by atoms with E-state index in [1.807, 2.05) is 47.1 Å². The van der Waals surface area contributed by atoms with Gasteiger partial charge in [0, 0.05) is 31.2 Å². The van der Waals surface area contributed by atoms with E-state index in [-0.39, 0.29) is 18.1 Å². The Morgan fingerprint density at radius 3 is 2.83 bits per heavy atom. The Bertz CT molecular complexity index is 1360. The van der Waals surface area contributed by atoms with Crippen LogP contribution in [0.15, 0.2) is 48.8 Å². The van der Waals surface area contributed by atoms with Crippen molar-refractivity contribution in [3.8, 4) is 5.75 Å². The predicted octanol–water partition coefficient (Wildman–Crippen LogP) is 2.83. The first-order valence-corrected chi connectivity index (χ1v) is 12.3. The quantitative estimate of drug-likeness (QED) is 0.430. The Labute approximate surface area is 208 Å². The molecule has 0 unspecified atom stereocenters. The minimum absolute atomic E-state index is 0.0408. The van der Waals surface area contributed by atoms with E-state index in [2.05, 4.69) is 30.5 Å². The summed E-state index contributed by atoms with van der Waals surface area (Å²) in [7, 11) is 1.66. The monoisotopic (exact) mass is 487 g/mol. The third-order valence-corrected chi connectivity index (χ3v) is 7.14. The number of carbonyl (C=O) groups is 1. The fourth-order valence-electron chi connectivity index (χ4n) is 5.00. The van der Waals surface area contributed by atoms with Crippen molar-refractivity contribution in [1.29, 1.82) is 0 Å². The van der Waals surface area contributed by atoms with Crippen molar-refractivity contribution in [2.24, 2.45) is 0 Å². The third-order valence-electron chi connectivity index (χ3n) is 7.14. The first-order chi connectivity index (χ1) is 17.7. The minimum atomic E-state index is -0.0497. The van der Waals surface area contributed by atoms with Gasteiger partial charge in [-0.15, -0.1) is 5.10 Å². The summed E-state index contributed by atoms with van der Waals surface area (Å²) in [5, 5.41) is 12.1. The molecule has 4 heterocycles. The van der Waals surface area contributed by atoms with E-state index < -0.39 is 0 Å². The Morgan fingerprint density at radius 1 is 1.19 bits per heavy atom. The zero-order valence-corrected chi connectivity index (χ0v) is 20.2. The van der Waals surface area contributed by atoms with E-state index in [1.54, 1.807) is 13.4 Å². The highest BCUT2D eigenvalue weighted by molar-refractivity contribution is 5.97. The SMILES string of the molecule is COc1ccc([C@@H]2Cn3nnc(CN4CCC(NC(=O)c5ccc6nc[nH]c6c5)CC4)c3CO2)cc1. The summed E-state index contributed by atoms with van der Waals surface area (Å²) >= 11 is 0. The summed E-state index contributed by atoms with van der Waals surface area (Å²) < 4.78 is 13.4. The van der Waals surface area contributed by atoms with Gasteiger partial charge in [-0.1, -0.05) is 17.3 Å². The smallest absolute Gasteiger partial charge is 0.251 e. The van der Waals surface area contributed by atoms with Crippen molar-refractivity contribution < 1.29 is 14.3 Å². The van der Waals surface area contributed by atoms with Crippen LogP contribution in [0.5, 0.6) is 5.75 Å². The number of nitrogens with one attached hydrogen (secondary N) is 2. The van der Waals surface area contributed by atoms with Crippen LogP contribution in [0.1, 0.15) is 46.3 Å².